The highest BCUT2D eigenvalue weighted by Crippen LogP contribution is 2.25. The number of nitrogens with two attached hydrogens (primary N) is 1. The molecule has 0 heterocycles. The van der Waals surface area contributed by atoms with E-state index >= 15 is 0 Å². The van der Waals surface area contributed by atoms with Crippen LogP contribution in [0.4, 0.5) is 11.4 Å². The fraction of sp³-hybridized carbons (Fsp3) is 0.409. The molecular weight excluding hydrogens is 322 g/mol. The predicted octanol–water partition coefficient (Wildman–Crippen LogP) is 5.18. The lowest BCUT2D eigenvalue weighted by Crippen LogP contribution is -2.15. The van der Waals surface area contributed by atoms with Gasteiger partial charge in [-0.05, 0) is 61.1 Å². The summed E-state index contributed by atoms with van der Waals surface area (Å²) in [5.41, 5.74) is 9.67. The van der Waals surface area contributed by atoms with Crippen molar-refractivity contribution in [2.75, 3.05) is 11.9 Å². The Hall–Kier alpha value is -2.49. The number of ether oxygens (including phenoxy) is 1. The van der Waals surface area contributed by atoms with Crippen molar-refractivity contribution in [2.24, 2.45) is 16.6 Å². The van der Waals surface area contributed by atoms with Crippen molar-refractivity contribution in [2.45, 2.75) is 45.6 Å². The maximum absolute atomic E-state index is 5.97. The third-order valence-electron chi connectivity index (χ3n) is 5.05. The van der Waals surface area contributed by atoms with E-state index in [4.69, 9.17) is 10.5 Å². The Morgan fingerprint density at radius 2 is 1.88 bits per heavy atom. The molecule has 3 N–H and O–H groups in total. The summed E-state index contributed by atoms with van der Waals surface area (Å²) in [5, 5.41) is 3.43. The first-order valence-corrected chi connectivity index (χ1v) is 9.55. The third-order valence-corrected chi connectivity index (χ3v) is 5.05. The molecule has 4 heteroatoms. The average molecular weight is 351 g/mol. The molecule has 1 fully saturated rings. The molecular formula is C22H29N3O. The molecule has 3 rings (SSSR count). The molecule has 26 heavy (non-hydrogen) atoms. The minimum absolute atomic E-state index is 0.733. The Morgan fingerprint density at radius 1 is 1.12 bits per heavy atom. The lowest BCUT2D eigenvalue weighted by molar-refractivity contribution is 0.209. The summed E-state index contributed by atoms with van der Waals surface area (Å²) in [4.78, 5) is 4.19. The number of hydrogen-bond acceptors (Lipinski definition) is 3. The largest absolute Gasteiger partial charge is 0.493 e. The van der Waals surface area contributed by atoms with Crippen molar-refractivity contribution < 1.29 is 4.74 Å². The maximum atomic E-state index is 5.97. The molecule has 0 amide bonds. The molecule has 138 valence electrons. The Bertz CT molecular complexity index is 719. The Kier molecular flexibility index (Phi) is 6.53. The highest BCUT2D eigenvalue weighted by atomic mass is 16.5. The Labute approximate surface area is 156 Å². The highest BCUT2D eigenvalue weighted by molar-refractivity contribution is 5.65. The summed E-state index contributed by atoms with van der Waals surface area (Å²) in [5.74, 6) is 1.70. The first-order valence-electron chi connectivity index (χ1n) is 9.55. The number of aryl methyl sites for hydroxylation is 1. The van der Waals surface area contributed by atoms with Crippen LogP contribution < -0.4 is 15.8 Å². The second kappa shape index (κ2) is 9.27. The highest BCUT2D eigenvalue weighted by Gasteiger charge is 2.13. The Balaban J connectivity index is 1.50. The number of rotatable bonds is 7. The van der Waals surface area contributed by atoms with Gasteiger partial charge in [0.1, 0.15) is 5.75 Å². The quantitative estimate of drug-likeness (QED) is 0.533. The molecule has 1 aliphatic carbocycles. The van der Waals surface area contributed by atoms with Crippen LogP contribution in [-0.4, -0.2) is 12.9 Å². The fourth-order valence-electron chi connectivity index (χ4n) is 3.41. The van der Waals surface area contributed by atoms with Gasteiger partial charge < -0.3 is 15.8 Å². The summed E-state index contributed by atoms with van der Waals surface area (Å²) in [6.45, 7) is 3.64. The van der Waals surface area contributed by atoms with Crippen molar-refractivity contribution in [3.05, 3.63) is 53.6 Å². The second-order valence-corrected chi connectivity index (χ2v) is 7.09. The standard InChI is InChI=1S/C22H29N3O/c1-17-7-10-20(13-22(17)25-16-23)24-14-18-8-11-21(12-9-18)26-15-19-5-3-2-4-6-19/h7-13,16,19,24H,2-6,14-15H2,1H3,(H2,23,25). The van der Waals surface area contributed by atoms with Crippen LogP contribution in [0.2, 0.25) is 0 Å². The van der Waals surface area contributed by atoms with Crippen LogP contribution in [0.1, 0.15) is 43.2 Å². The molecule has 0 unspecified atom stereocenters. The van der Waals surface area contributed by atoms with Gasteiger partial charge in [-0.15, -0.1) is 0 Å². The van der Waals surface area contributed by atoms with Crippen molar-refractivity contribution >= 4 is 17.7 Å². The fourth-order valence-corrected chi connectivity index (χ4v) is 3.41. The number of nitrogens with one attached hydrogen (secondary N) is 1. The first kappa shape index (κ1) is 18.3. The van der Waals surface area contributed by atoms with Crippen molar-refractivity contribution in [1.82, 2.24) is 0 Å². The van der Waals surface area contributed by atoms with E-state index < -0.39 is 0 Å². The summed E-state index contributed by atoms with van der Waals surface area (Å²) in [7, 11) is 0. The van der Waals surface area contributed by atoms with Gasteiger partial charge in [0.15, 0.2) is 0 Å². The lowest BCUT2D eigenvalue weighted by Gasteiger charge is -2.21. The molecule has 0 bridgehead atoms. The smallest absolute Gasteiger partial charge is 0.119 e. The molecule has 0 atom stereocenters. The van der Waals surface area contributed by atoms with Crippen LogP contribution >= 0.6 is 0 Å². The van der Waals surface area contributed by atoms with Crippen LogP contribution in [0.25, 0.3) is 0 Å². The van der Waals surface area contributed by atoms with Gasteiger partial charge in [-0.1, -0.05) is 37.5 Å². The molecule has 4 nitrogen and oxygen atoms in total. The van der Waals surface area contributed by atoms with Crippen molar-refractivity contribution in [3.63, 3.8) is 0 Å². The predicted molar refractivity (Wildman–Crippen MR) is 109 cm³/mol. The van der Waals surface area contributed by atoms with Crippen LogP contribution in [0.5, 0.6) is 5.75 Å². The van der Waals surface area contributed by atoms with Crippen LogP contribution in [-0.2, 0) is 6.54 Å². The lowest BCUT2D eigenvalue weighted by atomic mass is 9.90. The molecule has 1 saturated carbocycles. The van der Waals surface area contributed by atoms with E-state index in [1.165, 1.54) is 44.0 Å². The zero-order valence-electron chi connectivity index (χ0n) is 15.6. The number of benzene rings is 2. The average Bonchev–Trinajstić information content (AvgIpc) is 2.69. The van der Waals surface area contributed by atoms with Crippen LogP contribution in [0.3, 0.4) is 0 Å². The van der Waals surface area contributed by atoms with Gasteiger partial charge in [0.25, 0.3) is 0 Å². The van der Waals surface area contributed by atoms with E-state index in [1.807, 2.05) is 19.1 Å². The zero-order valence-corrected chi connectivity index (χ0v) is 15.6. The first-order chi connectivity index (χ1) is 12.7. The van der Waals surface area contributed by atoms with Gasteiger partial charge in [0.05, 0.1) is 18.6 Å². The van der Waals surface area contributed by atoms with Crippen LogP contribution in [0, 0.1) is 12.8 Å². The maximum Gasteiger partial charge on any atom is 0.119 e. The van der Waals surface area contributed by atoms with Crippen molar-refractivity contribution in [1.29, 1.82) is 0 Å². The van der Waals surface area contributed by atoms with Crippen LogP contribution in [0.15, 0.2) is 47.5 Å². The SMILES string of the molecule is Cc1ccc(NCc2ccc(OCC3CCCCC3)cc2)cc1N=CN. The van der Waals surface area contributed by atoms with Gasteiger partial charge in [-0.2, -0.15) is 0 Å². The van der Waals surface area contributed by atoms with E-state index in [0.29, 0.717) is 0 Å². The summed E-state index contributed by atoms with van der Waals surface area (Å²) < 4.78 is 5.97. The van der Waals surface area contributed by atoms with Gasteiger partial charge in [-0.3, -0.25) is 0 Å². The zero-order chi connectivity index (χ0) is 18.2. The third kappa shape index (κ3) is 5.25. The monoisotopic (exact) mass is 351 g/mol. The molecule has 0 spiro atoms. The number of nitrogens with zero attached hydrogens (tertiary/aromatic N) is 1. The van der Waals surface area contributed by atoms with Gasteiger partial charge in [0, 0.05) is 12.2 Å². The molecule has 2 aromatic carbocycles. The van der Waals surface area contributed by atoms with Crippen molar-refractivity contribution in [3.8, 4) is 5.75 Å². The minimum Gasteiger partial charge on any atom is -0.493 e. The number of anilines is 1. The minimum atomic E-state index is 0.733. The second-order valence-electron chi connectivity index (χ2n) is 7.09. The molecule has 0 aromatic heterocycles. The molecule has 0 saturated heterocycles. The summed E-state index contributed by atoms with van der Waals surface area (Å²) in [6, 6.07) is 14.5. The van der Waals surface area contributed by atoms with E-state index in [2.05, 4.69) is 40.6 Å². The van der Waals surface area contributed by atoms with Gasteiger partial charge >= 0.3 is 0 Å². The van der Waals surface area contributed by atoms with Gasteiger partial charge in [-0.25, -0.2) is 4.99 Å². The van der Waals surface area contributed by atoms with E-state index in [9.17, 15) is 0 Å². The number of hydrogen-bond donors (Lipinski definition) is 2. The molecule has 2 aromatic rings. The summed E-state index contributed by atoms with van der Waals surface area (Å²) >= 11 is 0. The topological polar surface area (TPSA) is 59.6 Å². The normalized spacial score (nSPS) is 15.3. The van der Waals surface area contributed by atoms with E-state index in [-0.39, 0.29) is 0 Å². The Morgan fingerprint density at radius 3 is 2.62 bits per heavy atom. The number of aliphatic imine (C=N–C) groups is 1. The molecule has 0 radical (unpaired) electrons. The van der Waals surface area contributed by atoms with Gasteiger partial charge in [0.2, 0.25) is 0 Å². The van der Waals surface area contributed by atoms with E-state index in [1.54, 1.807) is 0 Å². The van der Waals surface area contributed by atoms with E-state index in [0.717, 1.165) is 41.8 Å². The summed E-state index contributed by atoms with van der Waals surface area (Å²) in [6.07, 6.45) is 8.06. The molecule has 0 aliphatic heterocycles. The molecule has 1 aliphatic rings.